The molecule has 0 radical (unpaired) electrons. The molecule has 0 saturated heterocycles. The number of rotatable bonds is 39. The third-order valence-corrected chi connectivity index (χ3v) is 15.4. The van der Waals surface area contributed by atoms with Crippen LogP contribution in [0.1, 0.15) is 127 Å². The minimum Gasteiger partial charge on any atom is -0.469 e. The first-order valence-electron chi connectivity index (χ1n) is 37.7. The maximum absolute atomic E-state index is 11.6. The molecule has 4 aromatic carbocycles. The molecule has 2 unspecified atom stereocenters. The zero-order valence-electron chi connectivity index (χ0n) is 70.1. The number of aliphatic hydroxyl groups excluding tert-OH is 2. The van der Waals surface area contributed by atoms with Crippen molar-refractivity contribution in [3.05, 3.63) is 213 Å². The fraction of sp³-hybridized carbons (Fsp3) is 0.500. The molecule has 0 aliphatic carbocycles. The highest BCUT2D eigenvalue weighted by Crippen LogP contribution is 2.10. The van der Waals surface area contributed by atoms with Gasteiger partial charge in [-0.05, 0) is 49.9 Å². The summed E-state index contributed by atoms with van der Waals surface area (Å²) in [5.74, 6) is -1.20. The molecule has 6 N–H and O–H groups in total. The number of benzene rings is 4. The molecule has 10 rings (SSSR count). The Kier molecular flexibility index (Phi) is 51.1. The number of carbonyl (C=O) groups excluding carboxylic acids is 4. The summed E-state index contributed by atoms with van der Waals surface area (Å²) in [7, 11) is 11.0. The fourth-order valence-corrected chi connectivity index (χ4v) is 9.29. The number of aliphatic hydroxyl groups is 2. The van der Waals surface area contributed by atoms with Crippen LogP contribution in [0, 0.1) is 39.5 Å². The van der Waals surface area contributed by atoms with Crippen LogP contribution in [0.2, 0.25) is 0 Å². The molecule has 118 heavy (non-hydrogen) atoms. The van der Waals surface area contributed by atoms with E-state index in [1.54, 1.807) is 110 Å². The predicted molar refractivity (Wildman–Crippen MR) is 436 cm³/mol. The Morgan fingerprint density at radius 3 is 0.907 bits per heavy atom. The lowest BCUT2D eigenvalue weighted by molar-refractivity contribution is -0.151. The number of alkyl carbamates (subject to hydrolysis) is 1. The summed E-state index contributed by atoms with van der Waals surface area (Å²) in [4.78, 5) is 43.9. The van der Waals surface area contributed by atoms with Gasteiger partial charge in [0.2, 0.25) is 0 Å². The normalized spacial score (nSPS) is 11.1. The standard InChI is InChI=1S/C14H18N4O3.3C13H18N4O.2C11H19N3O4.C4H8O2.CH4/c1-11-3-5-12(6-4-11)7-15-14(19)21-9-13-8-18(10-20-2)17-16-13;3*1-11-3-5-12(6-4-11)7-14-8-13-9-17(10-18-2)16-15-13;2*1-8(2)11(16)18-7-10(15)5-14-4-9(6-17-3)12-13-14;1-3-4(5)6-2;/h3-6,8H,7,9-10H2,1-2H3,(H,15,19);3*3-6,9,14H,7-8,10H2,1-2H3;2*4,8,10,15H,5-7H2,1-3H3;3H2,1-2H3;1H4. The highest BCUT2D eigenvalue weighted by atomic mass is 16.6. The summed E-state index contributed by atoms with van der Waals surface area (Å²) >= 11 is 0. The molecule has 0 fully saturated rings. The van der Waals surface area contributed by atoms with Crippen LogP contribution in [-0.4, -0.2) is 199 Å². The molecule has 38 nitrogen and oxygen atoms in total. The Hall–Kier alpha value is -11.0. The maximum atomic E-state index is 11.6. The van der Waals surface area contributed by atoms with E-state index in [-0.39, 0.29) is 70.1 Å². The summed E-state index contributed by atoms with van der Waals surface area (Å²) in [6, 6.07) is 33.4. The van der Waals surface area contributed by atoms with Gasteiger partial charge in [0.1, 0.15) is 76.0 Å². The SMILES string of the molecule is C.CCC(=O)OC.COCc1cn(CC(O)COC(=O)C(C)C)nn1.COCc1cn(CC(O)COC(=O)C(C)C)nn1.COCn1cc(CNCc2ccc(C)cc2)nn1.COCn1cc(CNCc2ccc(C)cc2)nn1.COCn1cc(CNCc2ccc(C)cc2)nn1.COCn1cc(COC(=O)NCc2ccc(C)cc2)nn1. The van der Waals surface area contributed by atoms with Crippen LogP contribution in [0.3, 0.4) is 0 Å². The Labute approximate surface area is 690 Å². The van der Waals surface area contributed by atoms with Crippen molar-refractivity contribution in [2.24, 2.45) is 11.8 Å². The lowest BCUT2D eigenvalue weighted by Crippen LogP contribution is -2.25. The zero-order chi connectivity index (χ0) is 85.5. The van der Waals surface area contributed by atoms with E-state index < -0.39 is 18.3 Å². The number of hydrogen-bond donors (Lipinski definition) is 6. The van der Waals surface area contributed by atoms with Gasteiger partial charge in [0, 0.05) is 94.9 Å². The first-order chi connectivity index (χ1) is 56.4. The second kappa shape index (κ2) is 59.6. The number of nitrogens with zero attached hydrogens (tertiary/aromatic N) is 18. The number of esters is 3. The third-order valence-electron chi connectivity index (χ3n) is 15.4. The molecule has 6 heterocycles. The Morgan fingerprint density at radius 2 is 0.636 bits per heavy atom. The number of amides is 1. The molecule has 1 amide bonds. The molecule has 6 aromatic heterocycles. The van der Waals surface area contributed by atoms with Gasteiger partial charge in [0.05, 0.1) is 99.5 Å². The van der Waals surface area contributed by atoms with Crippen LogP contribution in [0.15, 0.2) is 134 Å². The summed E-state index contributed by atoms with van der Waals surface area (Å²) in [6.07, 6.45) is 9.04. The van der Waals surface area contributed by atoms with E-state index >= 15 is 0 Å². The van der Waals surface area contributed by atoms with Gasteiger partial charge < -0.3 is 78.8 Å². The number of hydrogen-bond acceptors (Lipinski definition) is 31. The highest BCUT2D eigenvalue weighted by Gasteiger charge is 2.16. The van der Waals surface area contributed by atoms with Gasteiger partial charge in [-0.2, -0.15) is 0 Å². The first-order valence-corrected chi connectivity index (χ1v) is 37.7. The third kappa shape index (κ3) is 44.9. The zero-order valence-corrected chi connectivity index (χ0v) is 70.1. The molecule has 10 aromatic rings. The molecular formula is C80H122N22O16. The molecule has 0 aliphatic heterocycles. The second-order valence-corrected chi connectivity index (χ2v) is 26.9. The van der Waals surface area contributed by atoms with Crippen molar-refractivity contribution in [1.82, 2.24) is 111 Å². The Bertz CT molecular complexity index is 3990. The van der Waals surface area contributed by atoms with E-state index in [0.29, 0.717) is 89.8 Å². The lowest BCUT2D eigenvalue weighted by Gasteiger charge is -2.12. The number of aromatic nitrogens is 18. The minimum absolute atomic E-state index is 0. The van der Waals surface area contributed by atoms with Gasteiger partial charge in [0.25, 0.3) is 0 Å². The summed E-state index contributed by atoms with van der Waals surface area (Å²) in [5.41, 5.74) is 14.5. The van der Waals surface area contributed by atoms with Crippen molar-refractivity contribution < 1.29 is 76.8 Å². The van der Waals surface area contributed by atoms with Crippen LogP contribution in [0.25, 0.3) is 0 Å². The Morgan fingerprint density at radius 1 is 0.364 bits per heavy atom. The molecule has 648 valence electrons. The quantitative estimate of drug-likeness (QED) is 0.0163. The van der Waals surface area contributed by atoms with E-state index in [2.05, 4.69) is 181 Å². The summed E-state index contributed by atoms with van der Waals surface area (Å²) in [5, 5.41) is 79.1. The van der Waals surface area contributed by atoms with Gasteiger partial charge >= 0.3 is 24.0 Å². The lowest BCUT2D eigenvalue weighted by atomic mass is 10.1. The monoisotopic (exact) mass is 1650 g/mol. The highest BCUT2D eigenvalue weighted by molar-refractivity contribution is 5.72. The van der Waals surface area contributed by atoms with Gasteiger partial charge in [0.15, 0.2) is 0 Å². The first kappa shape index (κ1) is 101. The number of methoxy groups -OCH3 is 7. The van der Waals surface area contributed by atoms with E-state index in [1.807, 2.05) is 49.8 Å². The van der Waals surface area contributed by atoms with Gasteiger partial charge in [-0.25, -0.2) is 32.9 Å². The van der Waals surface area contributed by atoms with E-state index in [4.69, 9.17) is 42.6 Å². The number of aryl methyl sites for hydroxylation is 4. The largest absolute Gasteiger partial charge is 0.469 e. The van der Waals surface area contributed by atoms with Crippen molar-refractivity contribution in [2.45, 2.75) is 194 Å². The van der Waals surface area contributed by atoms with E-state index in [0.717, 1.165) is 42.3 Å². The molecule has 0 saturated carbocycles. The smallest absolute Gasteiger partial charge is 0.407 e. The predicted octanol–water partition coefficient (Wildman–Crippen LogP) is 7.23. The average Bonchev–Trinajstić information content (AvgIpc) is 1.85. The fourth-order valence-electron chi connectivity index (χ4n) is 9.29. The second-order valence-electron chi connectivity index (χ2n) is 26.9. The molecule has 2 atom stereocenters. The van der Waals surface area contributed by atoms with Crippen LogP contribution in [0.4, 0.5) is 4.79 Å². The van der Waals surface area contributed by atoms with E-state index in [1.165, 1.54) is 60.1 Å². The van der Waals surface area contributed by atoms with E-state index in [9.17, 15) is 29.4 Å². The molecule has 0 aliphatic rings. The van der Waals surface area contributed by atoms with Gasteiger partial charge in [-0.15, -0.1) is 30.6 Å². The topological polar surface area (TPSA) is 433 Å². The van der Waals surface area contributed by atoms with Gasteiger partial charge in [-0.1, -0.05) is 193 Å². The number of nitrogens with one attached hydrogen (secondary N) is 4. The van der Waals surface area contributed by atoms with Crippen molar-refractivity contribution >= 4 is 24.0 Å². The summed E-state index contributed by atoms with van der Waals surface area (Å²) in [6.45, 7) is 24.8. The van der Waals surface area contributed by atoms with Crippen molar-refractivity contribution in [2.75, 3.05) is 63.0 Å². The molecule has 0 spiro atoms. The van der Waals surface area contributed by atoms with Crippen LogP contribution in [0.5, 0.6) is 0 Å². The van der Waals surface area contributed by atoms with Crippen LogP contribution < -0.4 is 21.3 Å². The molecule has 38 heteroatoms. The maximum Gasteiger partial charge on any atom is 0.407 e. The Balaban J connectivity index is 0.000000360. The van der Waals surface area contributed by atoms with Crippen molar-refractivity contribution in [3.8, 4) is 0 Å². The number of ether oxygens (including phenoxy) is 10. The van der Waals surface area contributed by atoms with Crippen molar-refractivity contribution in [3.63, 3.8) is 0 Å². The van der Waals surface area contributed by atoms with Crippen LogP contribution >= 0.6 is 0 Å². The minimum atomic E-state index is -0.801. The average molecular weight is 1650 g/mol. The number of carbonyl (C=O) groups is 4. The van der Waals surface area contributed by atoms with Crippen molar-refractivity contribution in [1.29, 1.82) is 0 Å². The molecule has 0 bridgehead atoms. The summed E-state index contributed by atoms with van der Waals surface area (Å²) < 4.78 is 58.3. The molecular weight excluding hydrogens is 1530 g/mol. The van der Waals surface area contributed by atoms with Gasteiger partial charge in [-0.3, -0.25) is 14.4 Å². The van der Waals surface area contributed by atoms with Crippen LogP contribution in [-0.2, 0) is 167 Å².